The monoisotopic (exact) mass is 303 g/mol. The zero-order valence-corrected chi connectivity index (χ0v) is 13.7. The van der Waals surface area contributed by atoms with Gasteiger partial charge in [-0.25, -0.2) is 0 Å². The SMILES string of the molecule is COc1cc(C)c(OCC(O)CNC(C)C)c2ccccc12. The van der Waals surface area contributed by atoms with Gasteiger partial charge in [0.1, 0.15) is 24.2 Å². The average molecular weight is 303 g/mol. The van der Waals surface area contributed by atoms with E-state index >= 15 is 0 Å². The van der Waals surface area contributed by atoms with E-state index in [2.05, 4.69) is 19.2 Å². The van der Waals surface area contributed by atoms with Gasteiger partial charge in [-0.1, -0.05) is 38.1 Å². The van der Waals surface area contributed by atoms with Gasteiger partial charge >= 0.3 is 0 Å². The zero-order chi connectivity index (χ0) is 16.1. The minimum absolute atomic E-state index is 0.261. The van der Waals surface area contributed by atoms with Crippen LogP contribution in [-0.2, 0) is 0 Å². The van der Waals surface area contributed by atoms with E-state index in [1.54, 1.807) is 7.11 Å². The molecule has 4 nitrogen and oxygen atoms in total. The van der Waals surface area contributed by atoms with Crippen LogP contribution < -0.4 is 14.8 Å². The summed E-state index contributed by atoms with van der Waals surface area (Å²) in [5.74, 6) is 1.64. The smallest absolute Gasteiger partial charge is 0.130 e. The molecule has 0 bridgehead atoms. The van der Waals surface area contributed by atoms with Gasteiger partial charge in [-0.15, -0.1) is 0 Å². The second kappa shape index (κ2) is 7.47. The number of methoxy groups -OCH3 is 1. The van der Waals surface area contributed by atoms with Gasteiger partial charge in [-0.3, -0.25) is 0 Å². The maximum Gasteiger partial charge on any atom is 0.130 e. The fraction of sp³-hybridized carbons (Fsp3) is 0.444. The second-order valence-corrected chi connectivity index (χ2v) is 5.80. The first-order chi connectivity index (χ1) is 10.5. The molecule has 2 aromatic rings. The summed E-state index contributed by atoms with van der Waals surface area (Å²) in [5, 5.41) is 15.2. The van der Waals surface area contributed by atoms with Crippen LogP contribution in [0.3, 0.4) is 0 Å². The molecular formula is C18H25NO3. The van der Waals surface area contributed by atoms with Gasteiger partial charge in [0.2, 0.25) is 0 Å². The average Bonchev–Trinajstić information content (AvgIpc) is 2.51. The fourth-order valence-corrected chi connectivity index (χ4v) is 2.42. The van der Waals surface area contributed by atoms with E-state index in [4.69, 9.17) is 9.47 Å². The highest BCUT2D eigenvalue weighted by Crippen LogP contribution is 2.36. The lowest BCUT2D eigenvalue weighted by molar-refractivity contribution is 0.105. The van der Waals surface area contributed by atoms with Crippen LogP contribution in [0.4, 0.5) is 0 Å². The van der Waals surface area contributed by atoms with Crippen LogP contribution in [0.25, 0.3) is 10.8 Å². The Balaban J connectivity index is 2.19. The summed E-state index contributed by atoms with van der Waals surface area (Å²) in [4.78, 5) is 0. The molecule has 0 saturated heterocycles. The molecule has 0 spiro atoms. The number of hydrogen-bond donors (Lipinski definition) is 2. The van der Waals surface area contributed by atoms with Gasteiger partial charge in [-0.05, 0) is 18.6 Å². The summed E-state index contributed by atoms with van der Waals surface area (Å²) in [6.07, 6.45) is -0.539. The van der Waals surface area contributed by atoms with Crippen molar-refractivity contribution < 1.29 is 14.6 Å². The lowest BCUT2D eigenvalue weighted by atomic mass is 10.0. The Morgan fingerprint density at radius 2 is 1.86 bits per heavy atom. The van der Waals surface area contributed by atoms with Crippen LogP contribution in [0, 0.1) is 6.92 Å². The number of aryl methyl sites for hydroxylation is 1. The van der Waals surface area contributed by atoms with E-state index in [1.165, 1.54) is 0 Å². The third-order valence-electron chi connectivity index (χ3n) is 3.54. The Labute approximate surface area is 132 Å². The summed E-state index contributed by atoms with van der Waals surface area (Å²) < 4.78 is 11.3. The number of hydrogen-bond acceptors (Lipinski definition) is 4. The zero-order valence-electron chi connectivity index (χ0n) is 13.7. The first kappa shape index (κ1) is 16.6. The number of aliphatic hydroxyl groups excluding tert-OH is 1. The van der Waals surface area contributed by atoms with Gasteiger partial charge in [0.25, 0.3) is 0 Å². The summed E-state index contributed by atoms with van der Waals surface area (Å²) in [6.45, 7) is 6.87. The largest absolute Gasteiger partial charge is 0.496 e. The van der Waals surface area contributed by atoms with Gasteiger partial charge in [0.05, 0.1) is 7.11 Å². The number of nitrogens with one attached hydrogen (secondary N) is 1. The van der Waals surface area contributed by atoms with E-state index in [-0.39, 0.29) is 6.61 Å². The van der Waals surface area contributed by atoms with E-state index in [0.717, 1.165) is 27.8 Å². The Morgan fingerprint density at radius 3 is 2.50 bits per heavy atom. The Bertz CT molecular complexity index is 625. The topological polar surface area (TPSA) is 50.7 Å². The number of rotatable bonds is 7. The van der Waals surface area contributed by atoms with Crippen molar-refractivity contribution >= 4 is 10.8 Å². The molecule has 0 aliphatic carbocycles. The highest BCUT2D eigenvalue weighted by atomic mass is 16.5. The second-order valence-electron chi connectivity index (χ2n) is 5.80. The minimum Gasteiger partial charge on any atom is -0.496 e. The maximum absolute atomic E-state index is 10.0. The van der Waals surface area contributed by atoms with Crippen LogP contribution in [0.2, 0.25) is 0 Å². The molecule has 2 rings (SSSR count). The van der Waals surface area contributed by atoms with Crippen LogP contribution in [0.1, 0.15) is 19.4 Å². The molecule has 1 unspecified atom stereocenters. The predicted octanol–water partition coefficient (Wildman–Crippen LogP) is 2.89. The molecule has 4 heteroatoms. The minimum atomic E-state index is -0.539. The Morgan fingerprint density at radius 1 is 1.18 bits per heavy atom. The summed E-state index contributed by atoms with van der Waals surface area (Å²) >= 11 is 0. The first-order valence-corrected chi connectivity index (χ1v) is 7.63. The third-order valence-corrected chi connectivity index (χ3v) is 3.54. The van der Waals surface area contributed by atoms with Crippen molar-refractivity contribution in [2.45, 2.75) is 32.9 Å². The number of aliphatic hydroxyl groups is 1. The van der Waals surface area contributed by atoms with E-state index in [9.17, 15) is 5.11 Å². The normalized spacial score (nSPS) is 12.6. The van der Waals surface area contributed by atoms with E-state index in [1.807, 2.05) is 37.3 Å². The maximum atomic E-state index is 10.0. The molecule has 0 aliphatic heterocycles. The van der Waals surface area contributed by atoms with Crippen LogP contribution in [0.5, 0.6) is 11.5 Å². The van der Waals surface area contributed by atoms with Gasteiger partial charge in [0.15, 0.2) is 0 Å². The number of ether oxygens (including phenoxy) is 2. The molecule has 0 radical (unpaired) electrons. The molecule has 22 heavy (non-hydrogen) atoms. The molecule has 0 heterocycles. The van der Waals surface area contributed by atoms with Crippen molar-refractivity contribution in [3.63, 3.8) is 0 Å². The van der Waals surface area contributed by atoms with E-state index < -0.39 is 6.10 Å². The molecule has 0 amide bonds. The molecule has 2 N–H and O–H groups in total. The van der Waals surface area contributed by atoms with Gasteiger partial charge in [-0.2, -0.15) is 0 Å². The standard InChI is InChI=1S/C18H25NO3/c1-12(2)19-10-14(20)11-22-18-13(3)9-17(21-4)15-7-5-6-8-16(15)18/h5-9,12,14,19-20H,10-11H2,1-4H3. The highest BCUT2D eigenvalue weighted by Gasteiger charge is 2.13. The Hall–Kier alpha value is -1.78. The van der Waals surface area contributed by atoms with E-state index in [0.29, 0.717) is 12.6 Å². The molecule has 0 aliphatic rings. The van der Waals surface area contributed by atoms with Crippen LogP contribution in [0.15, 0.2) is 30.3 Å². The lowest BCUT2D eigenvalue weighted by Crippen LogP contribution is -2.35. The summed E-state index contributed by atoms with van der Waals surface area (Å²) in [7, 11) is 1.67. The molecule has 0 aromatic heterocycles. The van der Waals surface area contributed by atoms with Crippen molar-refractivity contribution in [1.82, 2.24) is 5.32 Å². The van der Waals surface area contributed by atoms with Crippen molar-refractivity contribution in [2.24, 2.45) is 0 Å². The van der Waals surface area contributed by atoms with Crippen molar-refractivity contribution in [3.8, 4) is 11.5 Å². The molecular weight excluding hydrogens is 278 g/mol. The quantitative estimate of drug-likeness (QED) is 0.826. The van der Waals surface area contributed by atoms with Gasteiger partial charge in [0, 0.05) is 23.4 Å². The summed E-state index contributed by atoms with van der Waals surface area (Å²) in [6, 6.07) is 10.3. The molecule has 1 atom stereocenters. The van der Waals surface area contributed by atoms with Crippen molar-refractivity contribution in [2.75, 3.05) is 20.3 Å². The molecule has 0 saturated carbocycles. The molecule has 0 fully saturated rings. The third kappa shape index (κ3) is 3.90. The number of benzene rings is 2. The van der Waals surface area contributed by atoms with Crippen molar-refractivity contribution in [1.29, 1.82) is 0 Å². The van der Waals surface area contributed by atoms with Crippen LogP contribution >= 0.6 is 0 Å². The fourth-order valence-electron chi connectivity index (χ4n) is 2.42. The predicted molar refractivity (Wildman–Crippen MR) is 89.9 cm³/mol. The number of fused-ring (bicyclic) bond motifs is 1. The van der Waals surface area contributed by atoms with Crippen molar-refractivity contribution in [3.05, 3.63) is 35.9 Å². The Kier molecular flexibility index (Phi) is 5.63. The summed E-state index contributed by atoms with van der Waals surface area (Å²) in [5.41, 5.74) is 1.000. The molecule has 120 valence electrons. The lowest BCUT2D eigenvalue weighted by Gasteiger charge is -2.18. The first-order valence-electron chi connectivity index (χ1n) is 7.63. The highest BCUT2D eigenvalue weighted by molar-refractivity contribution is 5.94. The van der Waals surface area contributed by atoms with Crippen LogP contribution in [-0.4, -0.2) is 37.5 Å². The molecule has 2 aromatic carbocycles. The van der Waals surface area contributed by atoms with Gasteiger partial charge < -0.3 is 19.9 Å².